The largest absolute Gasteiger partial charge is 0.224 e. The van der Waals surface area contributed by atoms with Gasteiger partial charge in [-0.3, -0.25) is 0 Å². The first kappa shape index (κ1) is 11.6. The summed E-state index contributed by atoms with van der Waals surface area (Å²) < 4.78 is 1.61. The molecule has 0 aliphatic heterocycles. The molecule has 0 amide bonds. The lowest BCUT2D eigenvalue weighted by atomic mass is 10.1. The normalized spacial score (nSPS) is 12.0. The average Bonchev–Trinajstić information content (AvgIpc) is 2.76. The number of hydrogen-bond donors (Lipinski definition) is 0. The second-order valence-electron chi connectivity index (χ2n) is 3.46. The van der Waals surface area contributed by atoms with E-state index in [0.29, 0.717) is 11.6 Å². The smallest absolute Gasteiger partial charge is 0.209 e. The van der Waals surface area contributed by atoms with E-state index in [1.165, 1.54) is 11.8 Å². The summed E-state index contributed by atoms with van der Waals surface area (Å²) in [6.45, 7) is 0. The van der Waals surface area contributed by atoms with Crippen molar-refractivity contribution in [3.05, 3.63) is 35.9 Å². The van der Waals surface area contributed by atoms with Crippen molar-refractivity contribution in [2.45, 2.75) is 16.8 Å². The van der Waals surface area contributed by atoms with Gasteiger partial charge in [0.2, 0.25) is 5.16 Å². The molecule has 1 heterocycles. The van der Waals surface area contributed by atoms with Crippen molar-refractivity contribution in [1.82, 2.24) is 20.2 Å². The fourth-order valence-corrected chi connectivity index (χ4v) is 2.40. The molecule has 1 aromatic carbocycles. The third kappa shape index (κ3) is 2.82. The fraction of sp³-hybridized carbons (Fsp3) is 0.273. The molecule has 2 aromatic rings. The maximum atomic E-state index is 8.87. The van der Waals surface area contributed by atoms with E-state index in [1.807, 2.05) is 30.3 Å². The molecule has 2 rings (SSSR count). The standard InChI is InChI=1S/C11H11N5S/c1-16-11(13-14-15-16)17-10(7-8-12)9-5-3-2-4-6-9/h2-6,10H,7H2,1H3. The van der Waals surface area contributed by atoms with E-state index in [2.05, 4.69) is 21.6 Å². The monoisotopic (exact) mass is 245 g/mol. The number of hydrogen-bond acceptors (Lipinski definition) is 5. The molecule has 0 bridgehead atoms. The summed E-state index contributed by atoms with van der Waals surface area (Å²) in [5.41, 5.74) is 1.11. The molecule has 0 radical (unpaired) electrons. The van der Waals surface area contributed by atoms with Crippen LogP contribution in [-0.4, -0.2) is 20.2 Å². The predicted molar refractivity (Wildman–Crippen MR) is 64.1 cm³/mol. The van der Waals surface area contributed by atoms with Gasteiger partial charge in [-0.2, -0.15) is 5.26 Å². The summed E-state index contributed by atoms with van der Waals surface area (Å²) in [6, 6.07) is 12.1. The van der Waals surface area contributed by atoms with Crippen LogP contribution in [0.4, 0.5) is 0 Å². The molecule has 0 aliphatic rings. The molecule has 0 saturated carbocycles. The van der Waals surface area contributed by atoms with Gasteiger partial charge in [0, 0.05) is 7.05 Å². The SMILES string of the molecule is Cn1nnnc1SC(CC#N)c1ccccc1. The van der Waals surface area contributed by atoms with Crippen molar-refractivity contribution in [3.63, 3.8) is 0 Å². The van der Waals surface area contributed by atoms with Crippen LogP contribution in [0, 0.1) is 11.3 Å². The molecule has 0 fully saturated rings. The van der Waals surface area contributed by atoms with Crippen molar-refractivity contribution < 1.29 is 0 Å². The number of nitrogens with zero attached hydrogens (tertiary/aromatic N) is 5. The van der Waals surface area contributed by atoms with E-state index in [1.54, 1.807) is 11.7 Å². The number of aromatic nitrogens is 4. The van der Waals surface area contributed by atoms with Gasteiger partial charge in [-0.1, -0.05) is 42.1 Å². The van der Waals surface area contributed by atoms with Crippen LogP contribution < -0.4 is 0 Å². The zero-order chi connectivity index (χ0) is 12.1. The van der Waals surface area contributed by atoms with Gasteiger partial charge in [-0.15, -0.1) is 5.10 Å². The molecule has 6 heteroatoms. The number of thioether (sulfide) groups is 1. The first-order valence-electron chi connectivity index (χ1n) is 5.12. The molecule has 86 valence electrons. The number of rotatable bonds is 4. The Hall–Kier alpha value is -1.87. The number of aryl methyl sites for hydroxylation is 1. The van der Waals surface area contributed by atoms with Crippen LogP contribution in [0.5, 0.6) is 0 Å². The zero-order valence-electron chi connectivity index (χ0n) is 9.32. The van der Waals surface area contributed by atoms with Crippen molar-refractivity contribution in [3.8, 4) is 6.07 Å². The van der Waals surface area contributed by atoms with E-state index in [9.17, 15) is 0 Å². The summed E-state index contributed by atoms with van der Waals surface area (Å²) >= 11 is 1.50. The third-order valence-electron chi connectivity index (χ3n) is 2.28. The lowest BCUT2D eigenvalue weighted by Crippen LogP contribution is -1.98. The van der Waals surface area contributed by atoms with E-state index >= 15 is 0 Å². The van der Waals surface area contributed by atoms with Gasteiger partial charge in [0.25, 0.3) is 0 Å². The summed E-state index contributed by atoms with van der Waals surface area (Å²) in [4.78, 5) is 0. The number of tetrazole rings is 1. The second kappa shape index (κ2) is 5.46. The van der Waals surface area contributed by atoms with Crippen molar-refractivity contribution in [2.75, 3.05) is 0 Å². The fourth-order valence-electron chi connectivity index (χ4n) is 1.43. The van der Waals surface area contributed by atoms with Crippen LogP contribution in [0.25, 0.3) is 0 Å². The predicted octanol–water partition coefficient (Wildman–Crippen LogP) is 1.96. The molecule has 1 atom stereocenters. The molecule has 0 spiro atoms. The first-order valence-corrected chi connectivity index (χ1v) is 6.00. The molecule has 17 heavy (non-hydrogen) atoms. The molecule has 5 nitrogen and oxygen atoms in total. The average molecular weight is 245 g/mol. The Morgan fingerprint density at radius 1 is 1.41 bits per heavy atom. The molecular formula is C11H11N5S. The van der Waals surface area contributed by atoms with E-state index < -0.39 is 0 Å². The van der Waals surface area contributed by atoms with E-state index in [0.717, 1.165) is 5.56 Å². The molecule has 0 aliphatic carbocycles. The minimum atomic E-state index is 0.0610. The van der Waals surface area contributed by atoms with Gasteiger partial charge in [0.15, 0.2) is 0 Å². The Morgan fingerprint density at radius 2 is 2.18 bits per heavy atom. The minimum Gasteiger partial charge on any atom is -0.224 e. The van der Waals surface area contributed by atoms with Crippen LogP contribution in [0.2, 0.25) is 0 Å². The Balaban J connectivity index is 2.20. The van der Waals surface area contributed by atoms with Crippen molar-refractivity contribution in [2.24, 2.45) is 7.05 Å². The number of nitriles is 1. The highest BCUT2D eigenvalue weighted by atomic mass is 32.2. The lowest BCUT2D eigenvalue weighted by molar-refractivity contribution is 0.663. The van der Waals surface area contributed by atoms with Crippen molar-refractivity contribution in [1.29, 1.82) is 5.26 Å². The van der Waals surface area contributed by atoms with Crippen LogP contribution in [0.15, 0.2) is 35.5 Å². The van der Waals surface area contributed by atoms with Gasteiger partial charge < -0.3 is 0 Å². The van der Waals surface area contributed by atoms with Gasteiger partial charge in [0.1, 0.15) is 0 Å². The third-order valence-corrected chi connectivity index (χ3v) is 3.56. The molecular weight excluding hydrogens is 234 g/mol. The second-order valence-corrected chi connectivity index (χ2v) is 4.63. The van der Waals surface area contributed by atoms with Crippen molar-refractivity contribution >= 4 is 11.8 Å². The summed E-state index contributed by atoms with van der Waals surface area (Å²) in [5.74, 6) is 0. The highest BCUT2D eigenvalue weighted by molar-refractivity contribution is 7.99. The highest BCUT2D eigenvalue weighted by Gasteiger charge is 2.16. The van der Waals surface area contributed by atoms with Gasteiger partial charge in [-0.25, -0.2) is 4.68 Å². The zero-order valence-corrected chi connectivity index (χ0v) is 10.1. The lowest BCUT2D eigenvalue weighted by Gasteiger charge is -2.11. The Labute approximate surface area is 103 Å². The van der Waals surface area contributed by atoms with E-state index in [4.69, 9.17) is 5.26 Å². The van der Waals surface area contributed by atoms with Crippen LogP contribution >= 0.6 is 11.8 Å². The maximum Gasteiger partial charge on any atom is 0.209 e. The highest BCUT2D eigenvalue weighted by Crippen LogP contribution is 2.35. The number of benzene rings is 1. The molecule has 1 unspecified atom stereocenters. The molecule has 0 saturated heterocycles. The topological polar surface area (TPSA) is 67.4 Å². The summed E-state index contributed by atoms with van der Waals surface area (Å²) in [5, 5.41) is 20.9. The quantitative estimate of drug-likeness (QED) is 0.770. The van der Waals surface area contributed by atoms with Gasteiger partial charge in [0.05, 0.1) is 17.7 Å². The summed E-state index contributed by atoms with van der Waals surface area (Å²) in [7, 11) is 1.79. The minimum absolute atomic E-state index is 0.0610. The summed E-state index contributed by atoms with van der Waals surface area (Å²) in [6.07, 6.45) is 0.432. The molecule has 0 N–H and O–H groups in total. The van der Waals surface area contributed by atoms with Crippen LogP contribution in [0.1, 0.15) is 17.2 Å². The van der Waals surface area contributed by atoms with Crippen LogP contribution in [0.3, 0.4) is 0 Å². The maximum absolute atomic E-state index is 8.87. The first-order chi connectivity index (χ1) is 8.31. The van der Waals surface area contributed by atoms with Crippen LogP contribution in [-0.2, 0) is 7.05 Å². The van der Waals surface area contributed by atoms with E-state index in [-0.39, 0.29) is 5.25 Å². The van der Waals surface area contributed by atoms with Gasteiger partial charge in [-0.05, 0) is 16.0 Å². The Morgan fingerprint density at radius 3 is 2.76 bits per heavy atom. The Bertz CT molecular complexity index is 516. The van der Waals surface area contributed by atoms with Gasteiger partial charge >= 0.3 is 0 Å². The molecule has 1 aromatic heterocycles. The Kier molecular flexibility index (Phi) is 3.73.